The Morgan fingerprint density at radius 1 is 0.889 bits per heavy atom. The van der Waals surface area contributed by atoms with E-state index in [1.165, 1.54) is 41.3 Å². The van der Waals surface area contributed by atoms with Gasteiger partial charge in [0.1, 0.15) is 0 Å². The number of halogens is 1. The van der Waals surface area contributed by atoms with Crippen LogP contribution in [-0.4, -0.2) is 35.2 Å². The Hall–Kier alpha value is -4.28. The SMILES string of the molecule is O=C(On1c(O)ccc1O)c1ccc2c(c1)N(Cc1cccc(Cl)c1)C(=O)c1ccccc1S2(=O)=O. The molecule has 0 fully saturated rings. The first-order chi connectivity index (χ1) is 17.2. The molecule has 1 amide bonds. The van der Waals surface area contributed by atoms with Gasteiger partial charge in [-0.25, -0.2) is 13.2 Å². The summed E-state index contributed by atoms with van der Waals surface area (Å²) in [7, 11) is -4.14. The number of carbonyl (C=O) groups excluding carboxylic acids is 2. The van der Waals surface area contributed by atoms with Crippen LogP contribution in [0.3, 0.4) is 0 Å². The minimum atomic E-state index is -4.14. The number of hydrogen-bond donors (Lipinski definition) is 2. The summed E-state index contributed by atoms with van der Waals surface area (Å²) in [6.45, 7) is -0.0338. The van der Waals surface area contributed by atoms with E-state index in [4.69, 9.17) is 16.4 Å². The summed E-state index contributed by atoms with van der Waals surface area (Å²) in [6, 6.07) is 18.5. The van der Waals surface area contributed by atoms with E-state index in [1.54, 1.807) is 30.3 Å². The summed E-state index contributed by atoms with van der Waals surface area (Å²) < 4.78 is 27.6. The van der Waals surface area contributed by atoms with Crippen molar-refractivity contribution in [2.75, 3.05) is 4.90 Å². The van der Waals surface area contributed by atoms with Gasteiger partial charge in [0.15, 0.2) is 0 Å². The van der Waals surface area contributed by atoms with Crippen molar-refractivity contribution in [1.29, 1.82) is 0 Å². The summed E-state index contributed by atoms with van der Waals surface area (Å²) in [5, 5.41) is 20.0. The van der Waals surface area contributed by atoms with E-state index in [1.807, 2.05) is 0 Å². The highest BCUT2D eigenvalue weighted by atomic mass is 35.5. The molecule has 0 atom stereocenters. The molecule has 2 heterocycles. The molecule has 0 radical (unpaired) electrons. The predicted octanol–water partition coefficient (Wildman–Crippen LogP) is 3.81. The molecule has 1 aromatic heterocycles. The van der Waals surface area contributed by atoms with Crippen LogP contribution in [0.5, 0.6) is 11.8 Å². The number of carbonyl (C=O) groups is 2. The maximum absolute atomic E-state index is 13.6. The van der Waals surface area contributed by atoms with Gasteiger partial charge < -0.3 is 20.0 Å². The second-order valence-corrected chi connectivity index (χ2v) is 10.2. The number of sulfone groups is 1. The average molecular weight is 525 g/mol. The molecule has 0 aliphatic carbocycles. The first-order valence-corrected chi connectivity index (χ1v) is 12.4. The standard InChI is InChI=1S/C25H17ClN2O7S/c26-17-5-3-4-15(12-17)14-27-19-13-16(25(32)35-28-22(29)10-11-23(28)30)8-9-21(19)36(33,34)20-7-2-1-6-18(20)24(27)31/h1-13,29-30H,14H2. The number of anilines is 1. The molecule has 11 heteroatoms. The number of fused-ring (bicyclic) bond motifs is 2. The quantitative estimate of drug-likeness (QED) is 0.415. The van der Waals surface area contributed by atoms with Crippen molar-refractivity contribution in [3.8, 4) is 11.8 Å². The smallest absolute Gasteiger partial charge is 0.364 e. The fourth-order valence-corrected chi connectivity index (χ4v) is 5.78. The lowest BCUT2D eigenvalue weighted by Crippen LogP contribution is -2.30. The van der Waals surface area contributed by atoms with Crippen LogP contribution in [0.15, 0.2) is 88.7 Å². The molecule has 0 saturated heterocycles. The van der Waals surface area contributed by atoms with Crippen LogP contribution in [-0.2, 0) is 16.4 Å². The van der Waals surface area contributed by atoms with Gasteiger partial charge in [-0.1, -0.05) is 35.9 Å². The van der Waals surface area contributed by atoms with E-state index in [2.05, 4.69) is 0 Å². The van der Waals surface area contributed by atoms with Gasteiger partial charge in [-0.3, -0.25) is 4.79 Å². The highest BCUT2D eigenvalue weighted by molar-refractivity contribution is 7.91. The van der Waals surface area contributed by atoms with E-state index in [9.17, 15) is 28.2 Å². The van der Waals surface area contributed by atoms with Crippen molar-refractivity contribution in [3.63, 3.8) is 0 Å². The fraction of sp³-hybridized carbons (Fsp3) is 0.0400. The van der Waals surface area contributed by atoms with Crippen molar-refractivity contribution in [2.45, 2.75) is 16.3 Å². The number of benzene rings is 3. The Morgan fingerprint density at radius 2 is 1.61 bits per heavy atom. The Labute approximate surface area is 210 Å². The van der Waals surface area contributed by atoms with Crippen LogP contribution in [0.25, 0.3) is 0 Å². The van der Waals surface area contributed by atoms with E-state index in [-0.39, 0.29) is 33.2 Å². The largest absolute Gasteiger partial charge is 0.492 e. The van der Waals surface area contributed by atoms with Gasteiger partial charge in [0, 0.05) is 17.2 Å². The third-order valence-corrected chi connectivity index (χ3v) is 7.72. The zero-order valence-electron chi connectivity index (χ0n) is 18.3. The minimum absolute atomic E-state index is 0.0120. The normalized spacial score (nSPS) is 14.0. The number of amides is 1. The molecular weight excluding hydrogens is 508 g/mol. The molecule has 0 saturated carbocycles. The van der Waals surface area contributed by atoms with E-state index < -0.39 is 33.5 Å². The van der Waals surface area contributed by atoms with Gasteiger partial charge in [0.2, 0.25) is 21.6 Å². The van der Waals surface area contributed by atoms with Gasteiger partial charge in [-0.15, -0.1) is 4.73 Å². The zero-order chi connectivity index (χ0) is 25.6. The van der Waals surface area contributed by atoms with Gasteiger partial charge in [-0.2, -0.15) is 0 Å². The molecule has 1 aliphatic rings. The van der Waals surface area contributed by atoms with Crippen LogP contribution in [0, 0.1) is 0 Å². The Kier molecular flexibility index (Phi) is 5.70. The average Bonchev–Trinajstić information content (AvgIpc) is 3.15. The Balaban J connectivity index is 1.66. The molecule has 182 valence electrons. The molecule has 5 rings (SSSR count). The first-order valence-electron chi connectivity index (χ1n) is 10.5. The van der Waals surface area contributed by atoms with Crippen molar-refractivity contribution >= 4 is 39.0 Å². The Bertz CT molecular complexity index is 1630. The first kappa shape index (κ1) is 23.5. The zero-order valence-corrected chi connectivity index (χ0v) is 19.9. The van der Waals surface area contributed by atoms with Gasteiger partial charge >= 0.3 is 5.97 Å². The number of aromatic hydroxyl groups is 2. The van der Waals surface area contributed by atoms with Crippen molar-refractivity contribution < 1.29 is 33.1 Å². The second kappa shape index (κ2) is 8.74. The number of aromatic nitrogens is 1. The lowest BCUT2D eigenvalue weighted by Gasteiger charge is -2.23. The van der Waals surface area contributed by atoms with Gasteiger partial charge in [0.25, 0.3) is 5.91 Å². The molecule has 2 N–H and O–H groups in total. The molecule has 0 bridgehead atoms. The van der Waals surface area contributed by atoms with Crippen molar-refractivity contribution in [2.24, 2.45) is 0 Å². The van der Waals surface area contributed by atoms with Gasteiger partial charge in [0.05, 0.1) is 33.2 Å². The molecule has 36 heavy (non-hydrogen) atoms. The van der Waals surface area contributed by atoms with Crippen LogP contribution in [0.1, 0.15) is 26.3 Å². The molecule has 3 aromatic carbocycles. The third kappa shape index (κ3) is 3.96. The number of rotatable bonds is 4. The summed E-state index contributed by atoms with van der Waals surface area (Å²) in [6.07, 6.45) is 0. The predicted molar refractivity (Wildman–Crippen MR) is 129 cm³/mol. The lowest BCUT2D eigenvalue weighted by atomic mass is 10.1. The third-order valence-electron chi connectivity index (χ3n) is 5.63. The van der Waals surface area contributed by atoms with Crippen LogP contribution >= 0.6 is 11.6 Å². The monoisotopic (exact) mass is 524 g/mol. The van der Waals surface area contributed by atoms with Gasteiger partial charge in [-0.05, 0) is 48.0 Å². The van der Waals surface area contributed by atoms with E-state index >= 15 is 0 Å². The summed E-state index contributed by atoms with van der Waals surface area (Å²) in [5.74, 6) is -2.63. The molecular formula is C25H17ClN2O7S. The van der Waals surface area contributed by atoms with Crippen molar-refractivity contribution in [1.82, 2.24) is 4.73 Å². The maximum Gasteiger partial charge on any atom is 0.364 e. The van der Waals surface area contributed by atoms with E-state index in [0.717, 1.165) is 12.1 Å². The van der Waals surface area contributed by atoms with E-state index in [0.29, 0.717) is 15.3 Å². The van der Waals surface area contributed by atoms with Crippen LogP contribution in [0.2, 0.25) is 5.02 Å². The van der Waals surface area contributed by atoms with Crippen LogP contribution in [0.4, 0.5) is 5.69 Å². The fourth-order valence-electron chi connectivity index (χ4n) is 3.94. The highest BCUT2D eigenvalue weighted by Crippen LogP contribution is 2.38. The summed E-state index contributed by atoms with van der Waals surface area (Å²) in [5.41, 5.74) is 0.466. The molecule has 4 aromatic rings. The number of hydrogen-bond acceptors (Lipinski definition) is 7. The topological polar surface area (TPSA) is 126 Å². The molecule has 9 nitrogen and oxygen atoms in total. The second-order valence-electron chi connectivity index (χ2n) is 7.93. The maximum atomic E-state index is 13.6. The highest BCUT2D eigenvalue weighted by Gasteiger charge is 2.36. The molecule has 0 unspecified atom stereocenters. The van der Waals surface area contributed by atoms with Crippen LogP contribution < -0.4 is 9.74 Å². The number of nitrogens with zero attached hydrogens (tertiary/aromatic N) is 2. The minimum Gasteiger partial charge on any atom is -0.492 e. The summed E-state index contributed by atoms with van der Waals surface area (Å²) >= 11 is 6.11. The Morgan fingerprint density at radius 3 is 2.33 bits per heavy atom. The lowest BCUT2D eigenvalue weighted by molar-refractivity contribution is 0.0381. The molecule has 0 spiro atoms. The summed E-state index contributed by atoms with van der Waals surface area (Å²) in [4.78, 5) is 32.4. The van der Waals surface area contributed by atoms with Crippen molar-refractivity contribution in [3.05, 3.63) is 101 Å². The molecule has 1 aliphatic heterocycles.